The van der Waals surface area contributed by atoms with Gasteiger partial charge in [0.05, 0.1) is 11.9 Å². The third-order valence-electron chi connectivity index (χ3n) is 4.23. The van der Waals surface area contributed by atoms with Gasteiger partial charge in [-0.15, -0.1) is 5.10 Å². The first-order chi connectivity index (χ1) is 12.7. The highest BCUT2D eigenvalue weighted by Crippen LogP contribution is 2.21. The number of nitrogens with zero attached hydrogens (tertiary/aromatic N) is 5. The second-order valence-corrected chi connectivity index (χ2v) is 6.24. The van der Waals surface area contributed by atoms with Crippen LogP contribution in [-0.2, 0) is 0 Å². The van der Waals surface area contributed by atoms with Crippen LogP contribution in [0.4, 0.5) is 11.6 Å². The van der Waals surface area contributed by atoms with Gasteiger partial charge in [0.15, 0.2) is 5.65 Å². The Balaban J connectivity index is 0.000000948. The SMILES string of the molecule is CC.CN(C)c1ccc2ncc(-c3cccc(N[C@@H]4CCNC4)n3)n2n1. The summed E-state index contributed by atoms with van der Waals surface area (Å²) in [5.41, 5.74) is 2.57. The minimum Gasteiger partial charge on any atom is -0.366 e. The lowest BCUT2D eigenvalue weighted by Crippen LogP contribution is -2.22. The Bertz CT molecular complexity index is 850. The number of pyridine rings is 1. The lowest BCUT2D eigenvalue weighted by atomic mass is 10.2. The van der Waals surface area contributed by atoms with Crippen molar-refractivity contribution in [3.63, 3.8) is 0 Å². The van der Waals surface area contributed by atoms with Gasteiger partial charge < -0.3 is 15.5 Å². The number of aromatic nitrogens is 4. The van der Waals surface area contributed by atoms with Gasteiger partial charge in [0.25, 0.3) is 0 Å². The number of hydrogen-bond acceptors (Lipinski definition) is 6. The van der Waals surface area contributed by atoms with Crippen LogP contribution in [0.15, 0.2) is 36.5 Å². The smallest absolute Gasteiger partial charge is 0.154 e. The van der Waals surface area contributed by atoms with E-state index in [1.807, 2.05) is 73.9 Å². The van der Waals surface area contributed by atoms with Crippen molar-refractivity contribution in [2.24, 2.45) is 0 Å². The highest BCUT2D eigenvalue weighted by Gasteiger charge is 2.15. The van der Waals surface area contributed by atoms with Gasteiger partial charge >= 0.3 is 0 Å². The number of imidazole rings is 1. The van der Waals surface area contributed by atoms with E-state index in [1.165, 1.54) is 0 Å². The quantitative estimate of drug-likeness (QED) is 0.751. The molecule has 0 unspecified atom stereocenters. The summed E-state index contributed by atoms with van der Waals surface area (Å²) in [5.74, 6) is 1.77. The Morgan fingerprint density at radius 3 is 2.77 bits per heavy atom. The first-order valence-corrected chi connectivity index (χ1v) is 9.17. The minimum atomic E-state index is 0.438. The van der Waals surface area contributed by atoms with E-state index in [0.717, 1.165) is 48.2 Å². The molecule has 0 aromatic carbocycles. The minimum absolute atomic E-state index is 0.438. The summed E-state index contributed by atoms with van der Waals surface area (Å²) in [6, 6.07) is 10.4. The molecule has 7 nitrogen and oxygen atoms in total. The monoisotopic (exact) mass is 353 g/mol. The Kier molecular flexibility index (Phi) is 5.68. The molecule has 7 heteroatoms. The third-order valence-corrected chi connectivity index (χ3v) is 4.23. The summed E-state index contributed by atoms with van der Waals surface area (Å²) >= 11 is 0. The van der Waals surface area contributed by atoms with E-state index in [9.17, 15) is 0 Å². The second kappa shape index (κ2) is 8.14. The van der Waals surface area contributed by atoms with E-state index in [0.29, 0.717) is 6.04 Å². The topological polar surface area (TPSA) is 70.4 Å². The molecule has 1 atom stereocenters. The molecular formula is C19H27N7. The molecule has 0 radical (unpaired) electrons. The van der Waals surface area contributed by atoms with Gasteiger partial charge in [0.2, 0.25) is 0 Å². The highest BCUT2D eigenvalue weighted by molar-refractivity contribution is 5.62. The molecule has 0 saturated carbocycles. The van der Waals surface area contributed by atoms with Crippen LogP contribution in [0.3, 0.4) is 0 Å². The molecule has 0 aliphatic carbocycles. The summed E-state index contributed by atoms with van der Waals surface area (Å²) in [5, 5.41) is 11.5. The van der Waals surface area contributed by atoms with Crippen molar-refractivity contribution >= 4 is 17.3 Å². The Hall–Kier alpha value is -2.67. The molecule has 3 aromatic rings. The summed E-state index contributed by atoms with van der Waals surface area (Å²) in [6.45, 7) is 6.04. The lowest BCUT2D eigenvalue weighted by molar-refractivity contribution is 0.788. The molecule has 138 valence electrons. The number of fused-ring (bicyclic) bond motifs is 1. The fourth-order valence-electron chi connectivity index (χ4n) is 2.92. The van der Waals surface area contributed by atoms with Gasteiger partial charge in [0, 0.05) is 26.7 Å². The van der Waals surface area contributed by atoms with Crippen LogP contribution in [0.5, 0.6) is 0 Å². The van der Waals surface area contributed by atoms with E-state index in [1.54, 1.807) is 0 Å². The van der Waals surface area contributed by atoms with Gasteiger partial charge in [-0.3, -0.25) is 0 Å². The summed E-state index contributed by atoms with van der Waals surface area (Å²) in [7, 11) is 3.95. The van der Waals surface area contributed by atoms with Crippen molar-refractivity contribution in [3.8, 4) is 11.4 Å². The van der Waals surface area contributed by atoms with Gasteiger partial charge in [-0.1, -0.05) is 19.9 Å². The lowest BCUT2D eigenvalue weighted by Gasteiger charge is -2.13. The summed E-state index contributed by atoms with van der Waals surface area (Å²) < 4.78 is 1.85. The van der Waals surface area contributed by atoms with Crippen LogP contribution in [0.1, 0.15) is 20.3 Å². The Labute approximate surface area is 154 Å². The van der Waals surface area contributed by atoms with Crippen LogP contribution in [0.2, 0.25) is 0 Å². The van der Waals surface area contributed by atoms with E-state index >= 15 is 0 Å². The number of anilines is 2. The fourth-order valence-corrected chi connectivity index (χ4v) is 2.92. The molecule has 0 amide bonds. The molecule has 1 saturated heterocycles. The van der Waals surface area contributed by atoms with Crippen molar-refractivity contribution in [3.05, 3.63) is 36.5 Å². The van der Waals surface area contributed by atoms with Crippen LogP contribution in [-0.4, -0.2) is 52.8 Å². The van der Waals surface area contributed by atoms with Crippen molar-refractivity contribution < 1.29 is 0 Å². The van der Waals surface area contributed by atoms with Crippen molar-refractivity contribution in [1.82, 2.24) is 24.9 Å². The highest BCUT2D eigenvalue weighted by atomic mass is 15.3. The molecule has 4 rings (SSSR count). The molecule has 3 aromatic heterocycles. The average molecular weight is 353 g/mol. The van der Waals surface area contributed by atoms with Crippen LogP contribution >= 0.6 is 0 Å². The number of nitrogens with one attached hydrogen (secondary N) is 2. The largest absolute Gasteiger partial charge is 0.366 e. The summed E-state index contributed by atoms with van der Waals surface area (Å²) in [4.78, 5) is 11.2. The van der Waals surface area contributed by atoms with E-state index in [2.05, 4.69) is 20.7 Å². The van der Waals surface area contributed by atoms with Crippen LogP contribution in [0.25, 0.3) is 17.0 Å². The zero-order valence-electron chi connectivity index (χ0n) is 15.9. The van der Waals surface area contributed by atoms with Gasteiger partial charge in [-0.25, -0.2) is 14.5 Å². The zero-order valence-corrected chi connectivity index (χ0v) is 15.9. The van der Waals surface area contributed by atoms with Crippen molar-refractivity contribution in [2.45, 2.75) is 26.3 Å². The van der Waals surface area contributed by atoms with Gasteiger partial charge in [-0.05, 0) is 37.2 Å². The van der Waals surface area contributed by atoms with Crippen LogP contribution < -0.4 is 15.5 Å². The molecule has 0 spiro atoms. The molecule has 4 heterocycles. The maximum atomic E-state index is 4.75. The molecule has 1 fully saturated rings. The van der Waals surface area contributed by atoms with E-state index < -0.39 is 0 Å². The summed E-state index contributed by atoms with van der Waals surface area (Å²) in [6.07, 6.45) is 2.94. The van der Waals surface area contributed by atoms with E-state index in [4.69, 9.17) is 4.98 Å². The first-order valence-electron chi connectivity index (χ1n) is 9.17. The fraction of sp³-hybridized carbons (Fsp3) is 0.421. The Morgan fingerprint density at radius 1 is 1.19 bits per heavy atom. The predicted molar refractivity (Wildman–Crippen MR) is 107 cm³/mol. The maximum Gasteiger partial charge on any atom is 0.154 e. The standard InChI is InChI=1S/C17H21N7.C2H6/c1-23(2)17-7-6-16-19-11-14(24(16)22-17)13-4-3-5-15(21-13)20-12-8-9-18-10-12;1-2/h3-7,11-12,18H,8-10H2,1-2H3,(H,20,21);1-2H3/t12-;/m1./s1. The molecule has 1 aliphatic rings. The molecule has 1 aliphatic heterocycles. The molecule has 2 N–H and O–H groups in total. The normalized spacial score (nSPS) is 16.2. The first kappa shape index (κ1) is 18.1. The number of hydrogen-bond donors (Lipinski definition) is 2. The average Bonchev–Trinajstić information content (AvgIpc) is 3.32. The van der Waals surface area contributed by atoms with E-state index in [-0.39, 0.29) is 0 Å². The molecule has 26 heavy (non-hydrogen) atoms. The Morgan fingerprint density at radius 2 is 2.04 bits per heavy atom. The predicted octanol–water partition coefficient (Wildman–Crippen LogP) is 2.66. The van der Waals surface area contributed by atoms with Crippen LogP contribution in [0, 0.1) is 0 Å². The third kappa shape index (κ3) is 3.77. The van der Waals surface area contributed by atoms with Gasteiger partial charge in [-0.2, -0.15) is 0 Å². The van der Waals surface area contributed by atoms with Crippen molar-refractivity contribution in [1.29, 1.82) is 0 Å². The number of rotatable bonds is 4. The van der Waals surface area contributed by atoms with Gasteiger partial charge in [0.1, 0.15) is 17.3 Å². The molecule has 0 bridgehead atoms. The second-order valence-electron chi connectivity index (χ2n) is 6.24. The maximum absolute atomic E-state index is 4.75. The van der Waals surface area contributed by atoms with Crippen molar-refractivity contribution in [2.75, 3.05) is 37.4 Å². The molecular weight excluding hydrogens is 326 g/mol. The zero-order chi connectivity index (χ0) is 18.5.